The minimum atomic E-state index is -5.08. The van der Waals surface area contributed by atoms with E-state index in [1.807, 2.05) is 0 Å². The molecule has 0 spiro atoms. The Morgan fingerprint density at radius 2 is 0.970 bits per heavy atom. The standard InChI is InChI=1S/C53H103NO11S/c1-3-5-7-9-11-13-15-17-19-20-21-22-23-24-25-26-27-29-31-33-35-37-39-41-43-49(57)54-46(45-63-53-51(59)52(65-66(60,61)62)50(58)48(44-55)64-53)47(56)42-40-38-36-34-32-30-28-18-16-14-12-10-8-6-4-2/h24-25,46-48,50-53,55-56,58-59H,3-23,26-45H2,1-2H3,(H,54,57)(H,60,61,62)/b25-24-. The summed E-state index contributed by atoms with van der Waals surface area (Å²) < 4.78 is 47.8. The fourth-order valence-corrected chi connectivity index (χ4v) is 9.55. The Balaban J connectivity index is 2.36. The van der Waals surface area contributed by atoms with Crippen LogP contribution in [0.25, 0.3) is 0 Å². The lowest BCUT2D eigenvalue weighted by molar-refractivity contribution is -0.298. The number of unbranched alkanes of at least 4 members (excludes halogenated alkanes) is 34. The summed E-state index contributed by atoms with van der Waals surface area (Å²) in [7, 11) is -5.08. The van der Waals surface area contributed by atoms with Crippen LogP contribution >= 0.6 is 0 Å². The minimum absolute atomic E-state index is 0.229. The van der Waals surface area contributed by atoms with Crippen LogP contribution in [0.3, 0.4) is 0 Å². The van der Waals surface area contributed by atoms with Gasteiger partial charge in [0.2, 0.25) is 5.91 Å². The van der Waals surface area contributed by atoms with Gasteiger partial charge in [0.05, 0.1) is 25.4 Å². The van der Waals surface area contributed by atoms with Gasteiger partial charge in [-0.15, -0.1) is 0 Å². The molecule has 1 rings (SSSR count). The number of hydrogen-bond acceptors (Lipinski definition) is 10. The second kappa shape index (κ2) is 43.8. The normalized spacial score (nSPS) is 20.0. The fraction of sp³-hybridized carbons (Fsp3) is 0.943. The Morgan fingerprint density at radius 1 is 0.591 bits per heavy atom. The predicted molar refractivity (Wildman–Crippen MR) is 269 cm³/mol. The highest BCUT2D eigenvalue weighted by Crippen LogP contribution is 2.26. The van der Waals surface area contributed by atoms with Gasteiger partial charge in [-0.3, -0.25) is 9.35 Å². The summed E-state index contributed by atoms with van der Waals surface area (Å²) in [6.45, 7) is 3.48. The molecule has 1 saturated heterocycles. The van der Waals surface area contributed by atoms with Crippen molar-refractivity contribution < 1.29 is 51.8 Å². The van der Waals surface area contributed by atoms with Crippen molar-refractivity contribution in [2.24, 2.45) is 0 Å². The lowest BCUT2D eigenvalue weighted by atomic mass is 9.99. The Morgan fingerprint density at radius 3 is 1.36 bits per heavy atom. The molecule has 6 N–H and O–H groups in total. The van der Waals surface area contributed by atoms with Gasteiger partial charge in [0, 0.05) is 6.42 Å². The van der Waals surface area contributed by atoms with Crippen molar-refractivity contribution >= 4 is 16.3 Å². The highest BCUT2D eigenvalue weighted by molar-refractivity contribution is 7.80. The van der Waals surface area contributed by atoms with E-state index in [1.165, 1.54) is 180 Å². The molecular weight excluding hydrogens is 859 g/mol. The number of ether oxygens (including phenoxy) is 2. The largest absolute Gasteiger partial charge is 0.397 e. The number of aliphatic hydroxyl groups excluding tert-OH is 4. The molecule has 7 unspecified atom stereocenters. The third kappa shape index (κ3) is 35.9. The first-order valence-corrected chi connectivity index (χ1v) is 28.9. The van der Waals surface area contributed by atoms with Crippen LogP contribution in [0, 0.1) is 0 Å². The molecule has 0 aromatic rings. The molecule has 392 valence electrons. The Bertz CT molecular complexity index is 1220. The number of carbonyl (C=O) groups is 1. The molecule has 0 saturated carbocycles. The predicted octanol–water partition coefficient (Wildman–Crippen LogP) is 12.3. The summed E-state index contributed by atoms with van der Waals surface area (Å²) in [5.41, 5.74) is 0. The summed E-state index contributed by atoms with van der Waals surface area (Å²) in [5, 5.41) is 45.0. The van der Waals surface area contributed by atoms with Gasteiger partial charge in [0.1, 0.15) is 24.4 Å². The van der Waals surface area contributed by atoms with Gasteiger partial charge >= 0.3 is 10.4 Å². The maximum atomic E-state index is 13.1. The van der Waals surface area contributed by atoms with E-state index in [4.69, 9.17) is 9.47 Å². The Kier molecular flexibility index (Phi) is 41.7. The zero-order valence-electron chi connectivity index (χ0n) is 42.3. The molecule has 0 radical (unpaired) electrons. The molecule has 0 bridgehead atoms. The van der Waals surface area contributed by atoms with Crippen LogP contribution in [0.4, 0.5) is 0 Å². The average Bonchev–Trinajstić information content (AvgIpc) is 3.29. The van der Waals surface area contributed by atoms with Crippen LogP contribution in [0.1, 0.15) is 264 Å². The second-order valence-electron chi connectivity index (χ2n) is 19.5. The summed E-state index contributed by atoms with van der Waals surface area (Å²) in [6, 6.07) is -0.857. The quantitative estimate of drug-likeness (QED) is 0.0193. The number of carbonyl (C=O) groups excluding carboxylic acids is 1. The van der Waals surface area contributed by atoms with Gasteiger partial charge in [0.15, 0.2) is 6.29 Å². The first-order chi connectivity index (χ1) is 32.0. The maximum absolute atomic E-state index is 13.1. The highest BCUT2D eigenvalue weighted by Gasteiger charge is 2.48. The van der Waals surface area contributed by atoms with Crippen molar-refractivity contribution in [1.82, 2.24) is 5.32 Å². The molecule has 0 aromatic carbocycles. The van der Waals surface area contributed by atoms with E-state index in [-0.39, 0.29) is 12.5 Å². The van der Waals surface area contributed by atoms with Crippen molar-refractivity contribution in [3.63, 3.8) is 0 Å². The first kappa shape index (κ1) is 62.9. The van der Waals surface area contributed by atoms with E-state index in [0.717, 1.165) is 51.4 Å². The number of allylic oxidation sites excluding steroid dienone is 2. The van der Waals surface area contributed by atoms with Gasteiger partial charge in [-0.05, 0) is 38.5 Å². The van der Waals surface area contributed by atoms with Crippen molar-refractivity contribution in [3.05, 3.63) is 12.2 Å². The average molecular weight is 962 g/mol. The van der Waals surface area contributed by atoms with Crippen LogP contribution in [-0.4, -0.2) is 95.4 Å². The van der Waals surface area contributed by atoms with Gasteiger partial charge in [-0.25, -0.2) is 4.18 Å². The van der Waals surface area contributed by atoms with Crippen molar-refractivity contribution in [2.75, 3.05) is 13.2 Å². The number of rotatable bonds is 48. The van der Waals surface area contributed by atoms with E-state index in [1.54, 1.807) is 0 Å². The van der Waals surface area contributed by atoms with Crippen molar-refractivity contribution in [3.8, 4) is 0 Å². The third-order valence-electron chi connectivity index (χ3n) is 13.3. The lowest BCUT2D eigenvalue weighted by Gasteiger charge is -2.41. The number of aliphatic hydroxyl groups is 4. The van der Waals surface area contributed by atoms with Crippen LogP contribution in [-0.2, 0) is 28.9 Å². The van der Waals surface area contributed by atoms with Crippen LogP contribution in [0.15, 0.2) is 12.2 Å². The van der Waals surface area contributed by atoms with Crippen LogP contribution < -0.4 is 5.32 Å². The van der Waals surface area contributed by atoms with Gasteiger partial charge in [0.25, 0.3) is 0 Å². The van der Waals surface area contributed by atoms with E-state index in [2.05, 4.69) is 35.5 Å². The lowest BCUT2D eigenvalue weighted by Crippen LogP contribution is -2.61. The molecule has 1 aliphatic heterocycles. The third-order valence-corrected chi connectivity index (χ3v) is 13.8. The number of nitrogens with one attached hydrogen (secondary N) is 1. The molecule has 66 heavy (non-hydrogen) atoms. The molecule has 13 heteroatoms. The summed E-state index contributed by atoms with van der Waals surface area (Å²) in [6.07, 6.45) is 42.1. The van der Waals surface area contributed by atoms with E-state index < -0.39 is 59.9 Å². The molecule has 7 atom stereocenters. The Hall–Kier alpha value is -1.16. The van der Waals surface area contributed by atoms with E-state index in [9.17, 15) is 38.2 Å². The Labute approximate surface area is 404 Å². The maximum Gasteiger partial charge on any atom is 0.397 e. The zero-order valence-corrected chi connectivity index (χ0v) is 43.1. The SMILES string of the molecule is CCCCCCCCCCCCCC/C=C\CCCCCCCCCCC(=O)NC(COC1OC(CO)C(O)C(OS(=O)(=O)O)C1O)C(O)CCCCCCCCCCCCCCCCC. The summed E-state index contributed by atoms with van der Waals surface area (Å²) in [5.74, 6) is -0.229. The van der Waals surface area contributed by atoms with Gasteiger partial charge in [-0.2, -0.15) is 8.42 Å². The van der Waals surface area contributed by atoms with E-state index in [0.29, 0.717) is 19.3 Å². The molecule has 1 aliphatic rings. The number of hydrogen-bond donors (Lipinski definition) is 6. The minimum Gasteiger partial charge on any atom is -0.394 e. The molecule has 0 aliphatic carbocycles. The van der Waals surface area contributed by atoms with Crippen molar-refractivity contribution in [2.45, 2.75) is 307 Å². The molecule has 1 heterocycles. The van der Waals surface area contributed by atoms with Crippen LogP contribution in [0.2, 0.25) is 0 Å². The van der Waals surface area contributed by atoms with E-state index >= 15 is 0 Å². The molecular formula is C53H103NO11S. The number of amides is 1. The summed E-state index contributed by atoms with van der Waals surface area (Å²) in [4.78, 5) is 13.1. The first-order valence-electron chi connectivity index (χ1n) is 27.6. The molecule has 1 fully saturated rings. The zero-order chi connectivity index (χ0) is 48.4. The smallest absolute Gasteiger partial charge is 0.394 e. The summed E-state index contributed by atoms with van der Waals surface area (Å²) >= 11 is 0. The topological polar surface area (TPSA) is 192 Å². The highest BCUT2D eigenvalue weighted by atomic mass is 32.3. The van der Waals surface area contributed by atoms with Gasteiger partial charge < -0.3 is 35.2 Å². The van der Waals surface area contributed by atoms with Crippen molar-refractivity contribution in [1.29, 1.82) is 0 Å². The second-order valence-corrected chi connectivity index (χ2v) is 20.6. The monoisotopic (exact) mass is 962 g/mol. The molecule has 12 nitrogen and oxygen atoms in total. The van der Waals surface area contributed by atoms with Crippen LogP contribution in [0.5, 0.6) is 0 Å². The molecule has 1 amide bonds. The molecule has 0 aromatic heterocycles. The fourth-order valence-electron chi connectivity index (χ4n) is 9.04. The van der Waals surface area contributed by atoms with Gasteiger partial charge in [-0.1, -0.05) is 231 Å².